The Morgan fingerprint density at radius 2 is 2.12 bits per heavy atom. The normalized spacial score (nSPS) is 14.6. The standard InChI is InChI=1S/C13H14BrN3/c14-8-10-4-3-7-15-13(10)17-9-16-11-5-1-2-6-12(11)17/h3-4,7,9H,1-2,5-6,8H2. The van der Waals surface area contributed by atoms with E-state index in [9.17, 15) is 0 Å². The van der Waals surface area contributed by atoms with E-state index in [0.29, 0.717) is 0 Å². The molecule has 1 aliphatic carbocycles. The van der Waals surface area contributed by atoms with Gasteiger partial charge in [0.1, 0.15) is 12.1 Å². The minimum Gasteiger partial charge on any atom is -0.287 e. The van der Waals surface area contributed by atoms with E-state index in [1.165, 1.54) is 29.8 Å². The number of halogens is 1. The number of imidazole rings is 1. The largest absolute Gasteiger partial charge is 0.287 e. The van der Waals surface area contributed by atoms with Gasteiger partial charge in [0.25, 0.3) is 0 Å². The van der Waals surface area contributed by atoms with Crippen molar-refractivity contribution in [1.29, 1.82) is 0 Å². The molecule has 0 unspecified atom stereocenters. The smallest absolute Gasteiger partial charge is 0.142 e. The highest BCUT2D eigenvalue weighted by molar-refractivity contribution is 9.08. The molecule has 0 aliphatic heterocycles. The van der Waals surface area contributed by atoms with Crippen LogP contribution in [-0.4, -0.2) is 14.5 Å². The van der Waals surface area contributed by atoms with Gasteiger partial charge in [0.05, 0.1) is 5.69 Å². The number of alkyl halides is 1. The molecule has 0 amide bonds. The summed E-state index contributed by atoms with van der Waals surface area (Å²) in [6, 6.07) is 4.08. The van der Waals surface area contributed by atoms with Crippen LogP contribution < -0.4 is 0 Å². The zero-order chi connectivity index (χ0) is 11.7. The van der Waals surface area contributed by atoms with Crippen LogP contribution in [0.4, 0.5) is 0 Å². The van der Waals surface area contributed by atoms with Crippen molar-refractivity contribution in [3.8, 4) is 5.82 Å². The number of pyridine rings is 1. The summed E-state index contributed by atoms with van der Waals surface area (Å²) in [5.41, 5.74) is 3.80. The van der Waals surface area contributed by atoms with Gasteiger partial charge < -0.3 is 0 Å². The highest BCUT2D eigenvalue weighted by Crippen LogP contribution is 2.24. The summed E-state index contributed by atoms with van der Waals surface area (Å²) in [6.07, 6.45) is 8.51. The topological polar surface area (TPSA) is 30.7 Å². The third-order valence-electron chi connectivity index (χ3n) is 3.27. The Bertz CT molecular complexity index is 533. The van der Waals surface area contributed by atoms with Crippen molar-refractivity contribution in [2.45, 2.75) is 31.0 Å². The second kappa shape index (κ2) is 4.61. The average Bonchev–Trinajstić information content (AvgIpc) is 2.82. The molecular weight excluding hydrogens is 278 g/mol. The number of aromatic nitrogens is 3. The summed E-state index contributed by atoms with van der Waals surface area (Å²) in [7, 11) is 0. The Hall–Kier alpha value is -1.16. The summed E-state index contributed by atoms with van der Waals surface area (Å²) in [5.74, 6) is 1.01. The van der Waals surface area contributed by atoms with E-state index < -0.39 is 0 Å². The summed E-state index contributed by atoms with van der Waals surface area (Å²) < 4.78 is 2.16. The van der Waals surface area contributed by atoms with Gasteiger partial charge in [-0.05, 0) is 31.7 Å². The number of hydrogen-bond donors (Lipinski definition) is 0. The Morgan fingerprint density at radius 1 is 1.24 bits per heavy atom. The van der Waals surface area contributed by atoms with Gasteiger partial charge in [-0.3, -0.25) is 4.57 Å². The quantitative estimate of drug-likeness (QED) is 0.797. The lowest BCUT2D eigenvalue weighted by atomic mass is 10.0. The van der Waals surface area contributed by atoms with E-state index in [1.807, 2.05) is 18.6 Å². The highest BCUT2D eigenvalue weighted by Gasteiger charge is 2.17. The monoisotopic (exact) mass is 291 g/mol. The fraction of sp³-hybridized carbons (Fsp3) is 0.385. The summed E-state index contributed by atoms with van der Waals surface area (Å²) >= 11 is 3.52. The molecule has 2 aromatic rings. The molecule has 0 atom stereocenters. The third-order valence-corrected chi connectivity index (χ3v) is 3.87. The first-order valence-electron chi connectivity index (χ1n) is 5.95. The molecule has 2 heterocycles. The molecule has 0 N–H and O–H groups in total. The van der Waals surface area contributed by atoms with E-state index >= 15 is 0 Å². The van der Waals surface area contributed by atoms with Crippen LogP contribution in [0.1, 0.15) is 29.8 Å². The van der Waals surface area contributed by atoms with Crippen LogP contribution in [0.2, 0.25) is 0 Å². The minimum atomic E-state index is 0.823. The van der Waals surface area contributed by atoms with Crippen molar-refractivity contribution in [2.75, 3.05) is 0 Å². The van der Waals surface area contributed by atoms with Crippen molar-refractivity contribution < 1.29 is 0 Å². The van der Waals surface area contributed by atoms with Crippen LogP contribution in [0.3, 0.4) is 0 Å². The molecule has 0 saturated carbocycles. The SMILES string of the molecule is BrCc1cccnc1-n1cnc2c1CCCC2. The molecule has 3 rings (SSSR count). The molecule has 4 heteroatoms. The molecule has 1 aliphatic rings. The first-order valence-corrected chi connectivity index (χ1v) is 7.07. The lowest BCUT2D eigenvalue weighted by Gasteiger charge is -2.14. The first-order chi connectivity index (χ1) is 8.40. The summed E-state index contributed by atoms with van der Waals surface area (Å²) in [5, 5.41) is 0.823. The van der Waals surface area contributed by atoms with E-state index in [0.717, 1.165) is 24.0 Å². The fourth-order valence-corrected chi connectivity index (χ4v) is 2.84. The number of rotatable bonds is 2. The first kappa shape index (κ1) is 11.0. The molecule has 0 aromatic carbocycles. The van der Waals surface area contributed by atoms with Crippen LogP contribution in [0.5, 0.6) is 0 Å². The van der Waals surface area contributed by atoms with Gasteiger partial charge in [0.2, 0.25) is 0 Å². The highest BCUT2D eigenvalue weighted by atomic mass is 79.9. The second-order valence-corrected chi connectivity index (χ2v) is 4.90. The van der Waals surface area contributed by atoms with Crippen molar-refractivity contribution in [3.05, 3.63) is 41.6 Å². The van der Waals surface area contributed by atoms with E-state index in [2.05, 4.69) is 36.5 Å². The zero-order valence-electron chi connectivity index (χ0n) is 9.56. The Morgan fingerprint density at radius 3 is 3.00 bits per heavy atom. The van der Waals surface area contributed by atoms with Crippen LogP contribution >= 0.6 is 15.9 Å². The van der Waals surface area contributed by atoms with Crippen LogP contribution in [0.25, 0.3) is 5.82 Å². The van der Waals surface area contributed by atoms with Gasteiger partial charge in [-0.25, -0.2) is 9.97 Å². The number of nitrogens with zero attached hydrogens (tertiary/aromatic N) is 3. The molecule has 0 radical (unpaired) electrons. The molecule has 2 aromatic heterocycles. The fourth-order valence-electron chi connectivity index (χ4n) is 2.40. The maximum Gasteiger partial charge on any atom is 0.142 e. The molecule has 0 saturated heterocycles. The molecule has 17 heavy (non-hydrogen) atoms. The van der Waals surface area contributed by atoms with Gasteiger partial charge in [0.15, 0.2) is 0 Å². The summed E-state index contributed by atoms with van der Waals surface area (Å²) in [6.45, 7) is 0. The van der Waals surface area contributed by atoms with Gasteiger partial charge in [0, 0.05) is 22.8 Å². The van der Waals surface area contributed by atoms with Crippen molar-refractivity contribution in [1.82, 2.24) is 14.5 Å². The van der Waals surface area contributed by atoms with Crippen LogP contribution in [-0.2, 0) is 18.2 Å². The molecule has 88 valence electrons. The lowest BCUT2D eigenvalue weighted by Crippen LogP contribution is -2.09. The van der Waals surface area contributed by atoms with Gasteiger partial charge in [-0.1, -0.05) is 22.0 Å². The Kier molecular flexibility index (Phi) is 2.97. The van der Waals surface area contributed by atoms with Crippen LogP contribution in [0.15, 0.2) is 24.7 Å². The average molecular weight is 292 g/mol. The second-order valence-electron chi connectivity index (χ2n) is 4.33. The maximum atomic E-state index is 4.52. The molecule has 0 fully saturated rings. The van der Waals surface area contributed by atoms with Crippen molar-refractivity contribution in [2.24, 2.45) is 0 Å². The lowest BCUT2D eigenvalue weighted by molar-refractivity contribution is 0.653. The van der Waals surface area contributed by atoms with Crippen molar-refractivity contribution >= 4 is 15.9 Å². The number of fused-ring (bicyclic) bond motifs is 1. The van der Waals surface area contributed by atoms with Crippen molar-refractivity contribution in [3.63, 3.8) is 0 Å². The van der Waals surface area contributed by atoms with Gasteiger partial charge in [-0.2, -0.15) is 0 Å². The maximum absolute atomic E-state index is 4.52. The Balaban J connectivity index is 2.12. The van der Waals surface area contributed by atoms with E-state index in [4.69, 9.17) is 0 Å². The van der Waals surface area contributed by atoms with Gasteiger partial charge in [-0.15, -0.1) is 0 Å². The predicted molar refractivity (Wildman–Crippen MR) is 70.6 cm³/mol. The molecular formula is C13H14BrN3. The molecule has 3 nitrogen and oxygen atoms in total. The number of hydrogen-bond acceptors (Lipinski definition) is 2. The summed E-state index contributed by atoms with van der Waals surface area (Å²) in [4.78, 5) is 9.01. The van der Waals surface area contributed by atoms with E-state index in [1.54, 1.807) is 0 Å². The molecule has 0 bridgehead atoms. The Labute approximate surface area is 109 Å². The van der Waals surface area contributed by atoms with Gasteiger partial charge >= 0.3 is 0 Å². The predicted octanol–water partition coefficient (Wildman–Crippen LogP) is 3.04. The minimum absolute atomic E-state index is 0.823. The third kappa shape index (κ3) is 1.90. The van der Waals surface area contributed by atoms with Crippen LogP contribution in [0, 0.1) is 0 Å². The number of aryl methyl sites for hydroxylation is 1. The zero-order valence-corrected chi connectivity index (χ0v) is 11.2. The van der Waals surface area contributed by atoms with E-state index in [-0.39, 0.29) is 0 Å². The molecule has 0 spiro atoms.